The highest BCUT2D eigenvalue weighted by atomic mass is 16.5. The van der Waals surface area contributed by atoms with Crippen molar-refractivity contribution in [1.82, 2.24) is 0 Å². The minimum absolute atomic E-state index is 0.0406. The molecule has 0 radical (unpaired) electrons. The number of hydrogen-bond donors (Lipinski definition) is 0. The summed E-state index contributed by atoms with van der Waals surface area (Å²) in [6, 6.07) is 2.16. The first-order chi connectivity index (χ1) is 4.86. The van der Waals surface area contributed by atoms with E-state index in [0.29, 0.717) is 0 Å². The molecule has 10 heavy (non-hydrogen) atoms. The van der Waals surface area contributed by atoms with Gasteiger partial charge in [0.25, 0.3) is 0 Å². The zero-order valence-electron chi connectivity index (χ0n) is 5.87. The first-order valence-electron chi connectivity index (χ1n) is 3.19. The molecule has 0 aliphatic heterocycles. The Morgan fingerprint density at radius 3 is 3.00 bits per heavy atom. The molecular weight excluding hydrogens is 126 g/mol. The van der Waals surface area contributed by atoms with Gasteiger partial charge in [0.05, 0.1) is 19.1 Å². The molecule has 0 saturated carbocycles. The lowest BCUT2D eigenvalue weighted by atomic mass is 10.0. The van der Waals surface area contributed by atoms with E-state index in [4.69, 9.17) is 10.00 Å². The molecule has 0 fully saturated rings. The van der Waals surface area contributed by atoms with Gasteiger partial charge in [-0.25, -0.2) is 0 Å². The Hall–Kier alpha value is -1.23. The van der Waals surface area contributed by atoms with E-state index in [1.807, 2.05) is 18.2 Å². The minimum atomic E-state index is 0.0406. The molecule has 2 heteroatoms. The Bertz CT molecular complexity index is 210. The predicted octanol–water partition coefficient (Wildman–Crippen LogP) is 1.62. The van der Waals surface area contributed by atoms with E-state index in [0.717, 1.165) is 12.2 Å². The lowest BCUT2D eigenvalue weighted by molar-refractivity contribution is 0.302. The standard InChI is InChI=1S/C8H9NO/c1-10-8-4-2-7(6-9)3-5-8/h2,4-5,7H,3H2,1H3. The quantitative estimate of drug-likeness (QED) is 0.547. The Balaban J connectivity index is 2.56. The van der Waals surface area contributed by atoms with Gasteiger partial charge in [-0.3, -0.25) is 0 Å². The molecule has 52 valence electrons. The van der Waals surface area contributed by atoms with Crippen molar-refractivity contribution in [3.63, 3.8) is 0 Å². The number of nitriles is 1. The first kappa shape index (κ1) is 6.88. The van der Waals surface area contributed by atoms with Crippen LogP contribution in [0.5, 0.6) is 0 Å². The molecule has 0 amide bonds. The van der Waals surface area contributed by atoms with E-state index in [1.54, 1.807) is 7.11 Å². The third kappa shape index (κ3) is 1.38. The van der Waals surface area contributed by atoms with Gasteiger partial charge >= 0.3 is 0 Å². The van der Waals surface area contributed by atoms with Crippen molar-refractivity contribution in [1.29, 1.82) is 5.26 Å². The summed E-state index contributed by atoms with van der Waals surface area (Å²) in [5, 5.41) is 8.48. The number of ether oxygens (including phenoxy) is 1. The Labute approximate surface area is 60.4 Å². The molecule has 2 nitrogen and oxygen atoms in total. The molecule has 1 unspecified atom stereocenters. The SMILES string of the molecule is COC1=CCC(C#N)C=C1. The van der Waals surface area contributed by atoms with Gasteiger partial charge in [0, 0.05) is 0 Å². The van der Waals surface area contributed by atoms with Crippen LogP contribution >= 0.6 is 0 Å². The van der Waals surface area contributed by atoms with Gasteiger partial charge in [0.2, 0.25) is 0 Å². The minimum Gasteiger partial charge on any atom is -0.497 e. The van der Waals surface area contributed by atoms with E-state index < -0.39 is 0 Å². The third-order valence-electron chi connectivity index (χ3n) is 1.47. The summed E-state index contributed by atoms with van der Waals surface area (Å²) in [6.07, 6.45) is 6.39. The second-order valence-electron chi connectivity index (χ2n) is 2.14. The van der Waals surface area contributed by atoms with E-state index in [-0.39, 0.29) is 5.92 Å². The molecule has 0 bridgehead atoms. The van der Waals surface area contributed by atoms with E-state index in [2.05, 4.69) is 6.07 Å². The molecule has 0 aromatic heterocycles. The molecule has 0 aromatic carbocycles. The van der Waals surface area contributed by atoms with E-state index in [1.165, 1.54) is 0 Å². The van der Waals surface area contributed by atoms with Crippen LogP contribution in [-0.4, -0.2) is 7.11 Å². The molecule has 1 atom stereocenters. The summed E-state index contributed by atoms with van der Waals surface area (Å²) in [5.74, 6) is 0.894. The average molecular weight is 135 g/mol. The molecule has 1 rings (SSSR count). The van der Waals surface area contributed by atoms with Crippen LogP contribution in [0.15, 0.2) is 24.0 Å². The highest BCUT2D eigenvalue weighted by Crippen LogP contribution is 2.15. The maximum Gasteiger partial charge on any atom is 0.114 e. The fourth-order valence-corrected chi connectivity index (χ4v) is 0.848. The van der Waals surface area contributed by atoms with Crippen molar-refractivity contribution in [2.75, 3.05) is 7.11 Å². The molecule has 1 aliphatic rings. The summed E-state index contributed by atoms with van der Waals surface area (Å²) in [7, 11) is 1.63. The van der Waals surface area contributed by atoms with Crippen LogP contribution in [0.1, 0.15) is 6.42 Å². The Morgan fingerprint density at radius 2 is 2.60 bits per heavy atom. The van der Waals surface area contributed by atoms with E-state index in [9.17, 15) is 0 Å². The van der Waals surface area contributed by atoms with Crippen LogP contribution in [0.25, 0.3) is 0 Å². The summed E-state index contributed by atoms with van der Waals surface area (Å²) in [5.41, 5.74) is 0. The molecular formula is C8H9NO. The summed E-state index contributed by atoms with van der Waals surface area (Å²) < 4.78 is 4.95. The Morgan fingerprint density at radius 1 is 1.80 bits per heavy atom. The van der Waals surface area contributed by atoms with Crippen molar-refractivity contribution >= 4 is 0 Å². The molecule has 0 aromatic rings. The van der Waals surface area contributed by atoms with E-state index >= 15 is 0 Å². The monoisotopic (exact) mass is 135 g/mol. The molecule has 0 N–H and O–H groups in total. The van der Waals surface area contributed by atoms with Gasteiger partial charge in [0.1, 0.15) is 5.76 Å². The number of hydrogen-bond acceptors (Lipinski definition) is 2. The second-order valence-corrected chi connectivity index (χ2v) is 2.14. The van der Waals surface area contributed by atoms with Gasteiger partial charge < -0.3 is 4.74 Å². The zero-order valence-corrected chi connectivity index (χ0v) is 5.87. The van der Waals surface area contributed by atoms with Gasteiger partial charge in [0.15, 0.2) is 0 Å². The molecule has 0 spiro atoms. The second kappa shape index (κ2) is 3.07. The normalized spacial score (nSPS) is 23.2. The topological polar surface area (TPSA) is 33.0 Å². The average Bonchev–Trinajstić information content (AvgIpc) is 2.05. The summed E-state index contributed by atoms with van der Waals surface area (Å²) >= 11 is 0. The number of methoxy groups -OCH3 is 1. The maximum atomic E-state index is 8.48. The maximum absolute atomic E-state index is 8.48. The fourth-order valence-electron chi connectivity index (χ4n) is 0.848. The van der Waals surface area contributed by atoms with Crippen LogP contribution in [0.4, 0.5) is 0 Å². The van der Waals surface area contributed by atoms with Crippen LogP contribution in [-0.2, 0) is 4.74 Å². The van der Waals surface area contributed by atoms with Crippen LogP contribution < -0.4 is 0 Å². The summed E-state index contributed by atoms with van der Waals surface area (Å²) in [4.78, 5) is 0. The largest absolute Gasteiger partial charge is 0.497 e. The number of rotatable bonds is 1. The lowest BCUT2D eigenvalue weighted by Gasteiger charge is -2.07. The van der Waals surface area contributed by atoms with Crippen molar-refractivity contribution < 1.29 is 4.74 Å². The smallest absolute Gasteiger partial charge is 0.114 e. The van der Waals surface area contributed by atoms with Gasteiger partial charge in [-0.2, -0.15) is 5.26 Å². The van der Waals surface area contributed by atoms with Gasteiger partial charge in [-0.05, 0) is 18.6 Å². The first-order valence-corrected chi connectivity index (χ1v) is 3.19. The number of allylic oxidation sites excluding steroid dienone is 3. The van der Waals surface area contributed by atoms with Crippen LogP contribution in [0.2, 0.25) is 0 Å². The fraction of sp³-hybridized carbons (Fsp3) is 0.375. The van der Waals surface area contributed by atoms with Crippen molar-refractivity contribution in [3.05, 3.63) is 24.0 Å². The third-order valence-corrected chi connectivity index (χ3v) is 1.47. The summed E-state index contributed by atoms with van der Waals surface area (Å²) in [6.45, 7) is 0. The van der Waals surface area contributed by atoms with Gasteiger partial charge in [-0.1, -0.05) is 6.08 Å². The zero-order chi connectivity index (χ0) is 7.40. The van der Waals surface area contributed by atoms with Gasteiger partial charge in [-0.15, -0.1) is 0 Å². The highest BCUT2D eigenvalue weighted by Gasteiger charge is 2.05. The molecule has 0 heterocycles. The van der Waals surface area contributed by atoms with Crippen LogP contribution in [0.3, 0.4) is 0 Å². The molecule has 0 saturated heterocycles. The predicted molar refractivity (Wildman–Crippen MR) is 38.0 cm³/mol. The Kier molecular flexibility index (Phi) is 2.11. The van der Waals surface area contributed by atoms with Crippen molar-refractivity contribution in [3.8, 4) is 6.07 Å². The molecule has 1 aliphatic carbocycles. The van der Waals surface area contributed by atoms with Crippen molar-refractivity contribution in [2.24, 2.45) is 5.92 Å². The lowest BCUT2D eigenvalue weighted by Crippen LogP contribution is -1.96. The van der Waals surface area contributed by atoms with Crippen LogP contribution in [0, 0.1) is 17.2 Å². The van der Waals surface area contributed by atoms with Crippen molar-refractivity contribution in [2.45, 2.75) is 6.42 Å². The highest BCUT2D eigenvalue weighted by molar-refractivity contribution is 5.21. The number of nitrogens with zero attached hydrogens (tertiary/aromatic N) is 1.